The van der Waals surface area contributed by atoms with Gasteiger partial charge in [0.05, 0.1) is 0 Å². The molecule has 0 saturated carbocycles. The lowest BCUT2D eigenvalue weighted by molar-refractivity contribution is 1.11. The Morgan fingerprint density at radius 3 is 2.36 bits per heavy atom. The second-order valence-electron chi connectivity index (χ2n) is 3.10. The molecule has 0 aliphatic rings. The third-order valence-electron chi connectivity index (χ3n) is 1.93. The van der Waals surface area contributed by atoms with Crippen molar-refractivity contribution in [1.82, 2.24) is 0 Å². The van der Waals surface area contributed by atoms with Crippen LogP contribution in [-0.2, 0) is 8.56 Å². The lowest BCUT2D eigenvalue weighted by atomic mass is 10.0. The van der Waals surface area contributed by atoms with Crippen LogP contribution in [0.25, 0.3) is 0 Å². The van der Waals surface area contributed by atoms with Gasteiger partial charge in [-0.1, -0.05) is 87.5 Å². The third kappa shape index (κ3) is 3.62. The van der Waals surface area contributed by atoms with Crippen LogP contribution in [0.15, 0.2) is 18.2 Å². The molecular weight excluding hydrogens is 440 g/mol. The largest absolute Gasteiger partial charge is 0.160 e. The van der Waals surface area contributed by atoms with E-state index in [4.69, 9.17) is 0 Å². The van der Waals surface area contributed by atoms with Gasteiger partial charge < -0.3 is 0 Å². The van der Waals surface area contributed by atoms with Gasteiger partial charge in [-0.15, -0.1) is 0 Å². The van der Waals surface area contributed by atoms with Crippen LogP contribution in [0.5, 0.6) is 0 Å². The predicted molar refractivity (Wildman–Crippen MR) is 77.1 cm³/mol. The van der Waals surface area contributed by atoms with E-state index in [0.29, 0.717) is 0 Å². The van der Waals surface area contributed by atoms with Crippen LogP contribution in [-0.4, -0.2) is 5.33 Å². The molecule has 0 spiro atoms. The summed E-state index contributed by atoms with van der Waals surface area (Å²) in [4.78, 5) is 0. The lowest BCUT2D eigenvalue weighted by Crippen LogP contribution is -2.04. The van der Waals surface area contributed by atoms with Crippen LogP contribution in [0.4, 0.5) is 0 Å². The molecule has 0 aromatic heterocycles. The van der Waals surface area contributed by atoms with E-state index in [1.165, 1.54) is 16.7 Å². The van der Waals surface area contributed by atoms with Crippen molar-refractivity contribution in [3.05, 3.63) is 34.9 Å². The molecule has 0 unspecified atom stereocenters. The van der Waals surface area contributed by atoms with Gasteiger partial charge in [0.15, 0.2) is 2.14 Å². The van der Waals surface area contributed by atoms with Crippen LogP contribution in [0.3, 0.4) is 0 Å². The first kappa shape index (κ1) is 13.2. The summed E-state index contributed by atoms with van der Waals surface area (Å²) in [6.07, 6.45) is 1.03. The fourth-order valence-corrected chi connectivity index (χ4v) is 2.90. The van der Waals surface area contributed by atoms with E-state index >= 15 is 0 Å². The average molecular weight is 450 g/mol. The first-order chi connectivity index (χ1) is 6.45. The number of aryl methyl sites for hydroxylation is 2. The fourth-order valence-electron chi connectivity index (χ4n) is 1.31. The minimum atomic E-state index is -0.307. The zero-order valence-electron chi connectivity index (χ0n) is 7.66. The van der Waals surface area contributed by atoms with E-state index in [-0.39, 0.29) is 2.14 Å². The SMILES string of the molecule is Cc1ccc(C(Br)(Br)Br)c(CCBr)c1. The van der Waals surface area contributed by atoms with Crippen molar-refractivity contribution in [3.8, 4) is 0 Å². The molecular formula is C10H10Br4. The summed E-state index contributed by atoms with van der Waals surface area (Å²) >= 11 is 14.1. The number of alkyl halides is 4. The Morgan fingerprint density at radius 2 is 1.86 bits per heavy atom. The first-order valence-corrected chi connectivity index (χ1v) is 7.68. The van der Waals surface area contributed by atoms with E-state index in [1.54, 1.807) is 0 Å². The standard InChI is InChI=1S/C10H10Br4/c1-7-2-3-9(10(12,13)14)8(6-7)4-5-11/h2-3,6H,4-5H2,1H3. The zero-order chi connectivity index (χ0) is 10.8. The van der Waals surface area contributed by atoms with E-state index in [0.717, 1.165) is 11.8 Å². The Balaban J connectivity index is 3.15. The quantitative estimate of drug-likeness (QED) is 0.543. The van der Waals surface area contributed by atoms with Gasteiger partial charge in [-0.2, -0.15) is 0 Å². The molecule has 0 heterocycles. The third-order valence-corrected chi connectivity index (χ3v) is 3.61. The molecule has 0 bridgehead atoms. The molecule has 0 saturated heterocycles. The summed E-state index contributed by atoms with van der Waals surface area (Å²) in [6.45, 7) is 2.11. The molecule has 78 valence electrons. The van der Waals surface area contributed by atoms with Gasteiger partial charge in [-0.3, -0.25) is 0 Å². The van der Waals surface area contributed by atoms with Crippen molar-refractivity contribution < 1.29 is 0 Å². The monoisotopic (exact) mass is 446 g/mol. The van der Waals surface area contributed by atoms with Gasteiger partial charge in [0.1, 0.15) is 0 Å². The average Bonchev–Trinajstić information content (AvgIpc) is 2.02. The van der Waals surface area contributed by atoms with Gasteiger partial charge in [-0.25, -0.2) is 0 Å². The van der Waals surface area contributed by atoms with Crippen molar-refractivity contribution in [2.45, 2.75) is 15.5 Å². The van der Waals surface area contributed by atoms with Crippen molar-refractivity contribution >= 4 is 63.7 Å². The zero-order valence-corrected chi connectivity index (χ0v) is 14.0. The van der Waals surface area contributed by atoms with Crippen LogP contribution in [0.2, 0.25) is 0 Å². The number of hydrogen-bond donors (Lipinski definition) is 0. The second kappa shape index (κ2) is 5.46. The second-order valence-corrected chi connectivity index (χ2v) is 10.7. The Bertz CT molecular complexity index is 314. The van der Waals surface area contributed by atoms with Crippen LogP contribution < -0.4 is 0 Å². The van der Waals surface area contributed by atoms with Gasteiger partial charge in [0.2, 0.25) is 0 Å². The van der Waals surface area contributed by atoms with Crippen molar-refractivity contribution in [1.29, 1.82) is 0 Å². The molecule has 1 rings (SSSR count). The molecule has 0 aliphatic heterocycles. The molecule has 0 atom stereocenters. The summed E-state index contributed by atoms with van der Waals surface area (Å²) in [5.74, 6) is 0. The van der Waals surface area contributed by atoms with Crippen molar-refractivity contribution in [2.75, 3.05) is 5.33 Å². The molecule has 0 fully saturated rings. The number of benzene rings is 1. The summed E-state index contributed by atoms with van der Waals surface area (Å²) in [6, 6.07) is 6.46. The smallest absolute Gasteiger partial charge is 0.0924 e. The summed E-state index contributed by atoms with van der Waals surface area (Å²) < 4.78 is -0.307. The highest BCUT2D eigenvalue weighted by atomic mass is 80.0. The van der Waals surface area contributed by atoms with Gasteiger partial charge in [-0.05, 0) is 24.5 Å². The maximum atomic E-state index is 3.55. The molecule has 0 aliphatic carbocycles. The minimum Gasteiger partial charge on any atom is -0.0924 e. The number of halogens is 4. The topological polar surface area (TPSA) is 0 Å². The Labute approximate surface area is 118 Å². The number of rotatable bonds is 2. The number of hydrogen-bond acceptors (Lipinski definition) is 0. The van der Waals surface area contributed by atoms with Crippen LogP contribution in [0.1, 0.15) is 16.7 Å². The normalized spacial score (nSPS) is 11.8. The predicted octanol–water partition coefficient (Wildman–Crippen LogP) is 5.23. The highest BCUT2D eigenvalue weighted by molar-refractivity contribution is 9.38. The van der Waals surface area contributed by atoms with Gasteiger partial charge in [0.25, 0.3) is 0 Å². The molecule has 1 aromatic rings. The molecule has 0 radical (unpaired) electrons. The van der Waals surface area contributed by atoms with Crippen LogP contribution in [0, 0.1) is 6.92 Å². The highest BCUT2D eigenvalue weighted by Crippen LogP contribution is 2.46. The Kier molecular flexibility index (Phi) is 5.15. The summed E-state index contributed by atoms with van der Waals surface area (Å²) in [7, 11) is 0. The van der Waals surface area contributed by atoms with Crippen molar-refractivity contribution in [3.63, 3.8) is 0 Å². The van der Waals surface area contributed by atoms with E-state index in [9.17, 15) is 0 Å². The Morgan fingerprint density at radius 1 is 1.21 bits per heavy atom. The van der Waals surface area contributed by atoms with E-state index < -0.39 is 0 Å². The van der Waals surface area contributed by atoms with E-state index in [2.05, 4.69) is 88.8 Å². The summed E-state index contributed by atoms with van der Waals surface area (Å²) in [5, 5.41) is 0.979. The lowest BCUT2D eigenvalue weighted by Gasteiger charge is -2.17. The minimum absolute atomic E-state index is 0.307. The fraction of sp³-hybridized carbons (Fsp3) is 0.400. The maximum absolute atomic E-state index is 3.55. The molecule has 1 aromatic carbocycles. The first-order valence-electron chi connectivity index (χ1n) is 4.18. The van der Waals surface area contributed by atoms with Crippen molar-refractivity contribution in [2.24, 2.45) is 0 Å². The molecule has 14 heavy (non-hydrogen) atoms. The van der Waals surface area contributed by atoms with Gasteiger partial charge >= 0.3 is 0 Å². The highest BCUT2D eigenvalue weighted by Gasteiger charge is 2.23. The maximum Gasteiger partial charge on any atom is 0.160 e. The molecule has 4 heteroatoms. The molecule has 0 nitrogen and oxygen atoms in total. The molecule has 0 amide bonds. The molecule has 0 N–H and O–H groups in total. The summed E-state index contributed by atoms with van der Waals surface area (Å²) in [5.41, 5.74) is 3.86. The van der Waals surface area contributed by atoms with Gasteiger partial charge in [0, 0.05) is 5.33 Å². The van der Waals surface area contributed by atoms with Crippen LogP contribution >= 0.6 is 63.7 Å². The Hall–Kier alpha value is 1.14. The van der Waals surface area contributed by atoms with E-state index in [1.807, 2.05) is 0 Å².